The summed E-state index contributed by atoms with van der Waals surface area (Å²) in [5.41, 5.74) is 3.00. The number of nitrogens with zero attached hydrogens (tertiary/aromatic N) is 4. The zero-order valence-electron chi connectivity index (χ0n) is 33.5. The zero-order chi connectivity index (χ0) is 40.9. The first-order chi connectivity index (χ1) is 28.2. The summed E-state index contributed by atoms with van der Waals surface area (Å²) in [6.45, 7) is 6.78. The van der Waals surface area contributed by atoms with Crippen molar-refractivity contribution in [3.05, 3.63) is 151 Å². The number of non-ortho nitro benzene ring substituents is 2. The van der Waals surface area contributed by atoms with Crippen molar-refractivity contribution in [2.75, 3.05) is 39.3 Å². The molecule has 4 aromatic carbocycles. The van der Waals surface area contributed by atoms with Crippen molar-refractivity contribution in [1.29, 1.82) is 0 Å². The molecule has 0 spiro atoms. The van der Waals surface area contributed by atoms with Crippen molar-refractivity contribution < 1.29 is 19.4 Å². The van der Waals surface area contributed by atoms with Gasteiger partial charge in [-0.25, -0.2) is 0 Å². The van der Waals surface area contributed by atoms with Crippen molar-refractivity contribution in [3.8, 4) is 0 Å². The highest BCUT2D eigenvalue weighted by Gasteiger charge is 2.37. The molecule has 2 heterocycles. The van der Waals surface area contributed by atoms with E-state index in [2.05, 4.69) is 27.4 Å². The van der Waals surface area contributed by atoms with Gasteiger partial charge in [-0.05, 0) is 30.4 Å². The Morgan fingerprint density at radius 1 is 0.638 bits per heavy atom. The molecule has 2 unspecified atom stereocenters. The summed E-state index contributed by atoms with van der Waals surface area (Å²) < 4.78 is 0. The summed E-state index contributed by atoms with van der Waals surface area (Å²) >= 11 is 0. The molecule has 0 aliphatic carbocycles. The van der Waals surface area contributed by atoms with Crippen LogP contribution in [-0.4, -0.2) is 88.7 Å². The van der Waals surface area contributed by atoms with E-state index < -0.39 is 9.85 Å². The van der Waals surface area contributed by atoms with Crippen LogP contribution in [0.3, 0.4) is 0 Å². The maximum Gasteiger partial charge on any atom is 0.270 e. The van der Waals surface area contributed by atoms with Crippen molar-refractivity contribution in [2.24, 2.45) is 0 Å². The van der Waals surface area contributed by atoms with E-state index in [-0.39, 0.29) is 41.2 Å². The lowest BCUT2D eigenvalue weighted by atomic mass is 9.91. The third kappa shape index (κ3) is 10.9. The van der Waals surface area contributed by atoms with Crippen molar-refractivity contribution >= 4 is 22.9 Å². The van der Waals surface area contributed by atoms with E-state index in [0.29, 0.717) is 48.2 Å². The van der Waals surface area contributed by atoms with Gasteiger partial charge in [0.25, 0.3) is 11.4 Å². The third-order valence-electron chi connectivity index (χ3n) is 11.7. The molecular weight excluding hydrogens is 733 g/mol. The largest absolute Gasteiger partial charge is 0.314 e. The Balaban J connectivity index is 1.32. The van der Waals surface area contributed by atoms with Gasteiger partial charge in [-0.3, -0.25) is 39.6 Å². The smallest absolute Gasteiger partial charge is 0.270 e. The molecule has 0 aromatic heterocycles. The van der Waals surface area contributed by atoms with Gasteiger partial charge >= 0.3 is 0 Å². The maximum atomic E-state index is 13.9. The van der Waals surface area contributed by atoms with Gasteiger partial charge in [0.15, 0.2) is 11.6 Å². The number of carbonyl (C=O) groups is 2. The zero-order valence-corrected chi connectivity index (χ0v) is 33.5. The van der Waals surface area contributed by atoms with Crippen LogP contribution >= 0.6 is 0 Å². The number of ketones is 2. The number of unbranched alkanes of at least 4 members (excludes halogenated alkanes) is 6. The predicted octanol–water partition coefficient (Wildman–Crippen LogP) is 7.76. The molecule has 58 heavy (non-hydrogen) atoms. The van der Waals surface area contributed by atoms with Gasteiger partial charge in [0.1, 0.15) is 0 Å². The minimum atomic E-state index is -0.452. The number of nitrogens with one attached hydrogen (secondary N) is 2. The maximum absolute atomic E-state index is 13.9. The number of nitro groups is 2. The van der Waals surface area contributed by atoms with Gasteiger partial charge < -0.3 is 10.6 Å². The molecule has 306 valence electrons. The lowest BCUT2D eigenvalue weighted by molar-refractivity contribution is -0.385. The van der Waals surface area contributed by atoms with Crippen molar-refractivity contribution in [1.82, 2.24) is 20.4 Å². The summed E-state index contributed by atoms with van der Waals surface area (Å²) in [6, 6.07) is 27.2. The van der Waals surface area contributed by atoms with E-state index in [9.17, 15) is 29.8 Å². The van der Waals surface area contributed by atoms with E-state index in [4.69, 9.17) is 0 Å². The van der Waals surface area contributed by atoms with E-state index >= 15 is 0 Å². The number of rotatable bonds is 20. The Morgan fingerprint density at radius 3 is 1.50 bits per heavy atom. The Labute approximate surface area is 341 Å². The summed E-state index contributed by atoms with van der Waals surface area (Å²) in [5.74, 6) is -0.472. The third-order valence-corrected chi connectivity index (χ3v) is 11.7. The first kappa shape index (κ1) is 42.5. The molecule has 12 heteroatoms. The molecule has 0 bridgehead atoms. The van der Waals surface area contributed by atoms with Crippen LogP contribution in [-0.2, 0) is 12.8 Å². The fraction of sp³-hybridized carbons (Fsp3) is 0.435. The Kier molecular flexibility index (Phi) is 15.4. The van der Waals surface area contributed by atoms with Crippen LogP contribution in [0.2, 0.25) is 0 Å². The Hall–Kier alpha value is -5.14. The average molecular weight is 789 g/mol. The quantitative estimate of drug-likeness (QED) is 0.0394. The highest BCUT2D eigenvalue weighted by Crippen LogP contribution is 2.30. The van der Waals surface area contributed by atoms with Gasteiger partial charge in [0.2, 0.25) is 0 Å². The number of piperazine rings is 2. The second-order valence-corrected chi connectivity index (χ2v) is 15.6. The number of benzene rings is 4. The molecule has 6 rings (SSSR count). The number of hydrogen-bond acceptors (Lipinski definition) is 10. The van der Waals surface area contributed by atoms with E-state index in [1.807, 2.05) is 12.1 Å². The van der Waals surface area contributed by atoms with Gasteiger partial charge in [-0.1, -0.05) is 125 Å². The first-order valence-corrected chi connectivity index (χ1v) is 20.9. The second-order valence-electron chi connectivity index (χ2n) is 15.6. The molecule has 2 atom stereocenters. The van der Waals surface area contributed by atoms with Crippen LogP contribution in [0.5, 0.6) is 0 Å². The molecule has 12 nitrogen and oxygen atoms in total. The molecular formula is C46H56N6O6. The minimum absolute atomic E-state index is 0.00258. The van der Waals surface area contributed by atoms with Crippen molar-refractivity contribution in [2.45, 2.75) is 89.4 Å². The lowest BCUT2D eigenvalue weighted by Gasteiger charge is -2.50. The molecule has 2 aliphatic heterocycles. The highest BCUT2D eigenvalue weighted by atomic mass is 16.6. The number of nitro benzene ring substituents is 2. The van der Waals surface area contributed by atoms with E-state index in [1.165, 1.54) is 56.4 Å². The van der Waals surface area contributed by atoms with Gasteiger partial charge in [-0.2, -0.15) is 0 Å². The van der Waals surface area contributed by atoms with Crippen LogP contribution in [0.4, 0.5) is 11.4 Å². The standard InChI is InChI=1S/C46H56N6O6/c1-2-3-4-5-6-7-14-19-44(49-26-24-47-32-40(49)28-36-20-22-38(51(55)56)30-42(36)45(53)34-15-10-8-11-16-34)50-27-25-48-33-41(50)29-37-21-23-39(52(57)58)31-43(37)46(54)35-17-12-9-13-18-35/h8-13,15-18,20-23,30-31,40-41,44,47-48H,2-7,14,19,24-29,32-33H2,1H3. The molecule has 2 saturated heterocycles. The molecule has 0 radical (unpaired) electrons. The van der Waals surface area contributed by atoms with Crippen LogP contribution in [0.25, 0.3) is 0 Å². The number of carbonyl (C=O) groups excluding carboxylic acids is 2. The first-order valence-electron chi connectivity index (χ1n) is 20.9. The monoisotopic (exact) mass is 788 g/mol. The summed E-state index contributed by atoms with van der Waals surface area (Å²) in [5, 5.41) is 31.0. The summed E-state index contributed by atoms with van der Waals surface area (Å²) in [7, 11) is 0. The fourth-order valence-corrected chi connectivity index (χ4v) is 8.66. The van der Waals surface area contributed by atoms with E-state index in [1.54, 1.807) is 60.7 Å². The topological polar surface area (TPSA) is 151 Å². The molecule has 2 N–H and O–H groups in total. The SMILES string of the molecule is CCCCCCCCCC(N1CCNCC1Cc1ccc([N+](=O)[O-])cc1C(=O)c1ccccc1)N1CCNCC1Cc1ccc([N+](=O)[O-])cc1C(=O)c1ccccc1. The Bertz CT molecular complexity index is 1880. The normalized spacial score (nSPS) is 18.1. The molecule has 4 aromatic rings. The molecule has 2 fully saturated rings. The average Bonchev–Trinajstić information content (AvgIpc) is 3.25. The number of hydrogen-bond donors (Lipinski definition) is 2. The van der Waals surface area contributed by atoms with Crippen molar-refractivity contribution in [3.63, 3.8) is 0 Å². The summed E-state index contributed by atoms with van der Waals surface area (Å²) in [4.78, 5) is 55.9. The highest BCUT2D eigenvalue weighted by molar-refractivity contribution is 6.11. The van der Waals surface area contributed by atoms with Gasteiger partial charge in [0, 0.05) is 97.9 Å². The molecule has 0 amide bonds. The molecule has 0 saturated carbocycles. The van der Waals surface area contributed by atoms with Crippen LogP contribution in [0.15, 0.2) is 97.1 Å². The Morgan fingerprint density at radius 2 is 1.07 bits per heavy atom. The lowest BCUT2D eigenvalue weighted by Crippen LogP contribution is -2.65. The molecule has 2 aliphatic rings. The van der Waals surface area contributed by atoms with Gasteiger partial charge in [-0.15, -0.1) is 0 Å². The summed E-state index contributed by atoms with van der Waals surface area (Å²) in [6.07, 6.45) is 10.3. The van der Waals surface area contributed by atoms with Crippen LogP contribution in [0.1, 0.15) is 101 Å². The van der Waals surface area contributed by atoms with E-state index in [0.717, 1.165) is 56.6 Å². The predicted molar refractivity (Wildman–Crippen MR) is 226 cm³/mol. The van der Waals surface area contributed by atoms with Gasteiger partial charge in [0.05, 0.1) is 16.0 Å². The van der Waals surface area contributed by atoms with Crippen LogP contribution in [0, 0.1) is 20.2 Å². The minimum Gasteiger partial charge on any atom is -0.314 e. The van der Waals surface area contributed by atoms with Crippen LogP contribution < -0.4 is 10.6 Å². The second kappa shape index (κ2) is 21.0. The fourth-order valence-electron chi connectivity index (χ4n) is 8.66.